The lowest BCUT2D eigenvalue weighted by atomic mass is 9.86. The minimum absolute atomic E-state index is 0.569. The summed E-state index contributed by atoms with van der Waals surface area (Å²) in [5, 5.41) is 0. The number of ether oxygens (including phenoxy) is 1. The summed E-state index contributed by atoms with van der Waals surface area (Å²) >= 11 is 0. The van der Waals surface area contributed by atoms with Crippen molar-refractivity contribution in [2.24, 2.45) is 11.7 Å². The van der Waals surface area contributed by atoms with E-state index in [1.54, 1.807) is 0 Å². The number of nitrogens with zero attached hydrogens (tertiary/aromatic N) is 1. The van der Waals surface area contributed by atoms with Gasteiger partial charge in [0.25, 0.3) is 0 Å². The Morgan fingerprint density at radius 1 is 1.33 bits per heavy atom. The Kier molecular flexibility index (Phi) is 6.52. The maximum absolute atomic E-state index is 5.83. The lowest BCUT2D eigenvalue weighted by Gasteiger charge is -2.34. The van der Waals surface area contributed by atoms with Gasteiger partial charge in [-0.15, -0.1) is 0 Å². The fraction of sp³-hybridized carbons (Fsp3) is 0.667. The van der Waals surface area contributed by atoms with Gasteiger partial charge in [0.05, 0.1) is 6.61 Å². The molecule has 0 aromatic heterocycles. The van der Waals surface area contributed by atoms with E-state index in [1.165, 1.54) is 25.7 Å². The van der Waals surface area contributed by atoms with Crippen LogP contribution in [0.2, 0.25) is 0 Å². The van der Waals surface area contributed by atoms with E-state index in [4.69, 9.17) is 10.5 Å². The minimum Gasteiger partial charge on any atom is -0.494 e. The van der Waals surface area contributed by atoms with E-state index < -0.39 is 0 Å². The van der Waals surface area contributed by atoms with Gasteiger partial charge >= 0.3 is 0 Å². The van der Waals surface area contributed by atoms with E-state index in [9.17, 15) is 0 Å². The lowest BCUT2D eigenvalue weighted by Crippen LogP contribution is -2.36. The Labute approximate surface area is 129 Å². The van der Waals surface area contributed by atoms with Crippen molar-refractivity contribution in [1.29, 1.82) is 0 Å². The highest BCUT2D eigenvalue weighted by molar-refractivity contribution is 5.28. The van der Waals surface area contributed by atoms with E-state index in [0.29, 0.717) is 6.54 Å². The van der Waals surface area contributed by atoms with Crippen molar-refractivity contribution in [3.05, 3.63) is 29.8 Å². The molecule has 0 radical (unpaired) electrons. The van der Waals surface area contributed by atoms with Gasteiger partial charge in [-0.2, -0.15) is 0 Å². The van der Waals surface area contributed by atoms with Crippen LogP contribution >= 0.6 is 0 Å². The van der Waals surface area contributed by atoms with Crippen molar-refractivity contribution in [3.8, 4) is 5.75 Å². The van der Waals surface area contributed by atoms with Gasteiger partial charge in [0, 0.05) is 19.1 Å². The summed E-state index contributed by atoms with van der Waals surface area (Å²) in [6.45, 7) is 4.85. The molecule has 1 aromatic carbocycles. The molecule has 3 nitrogen and oxygen atoms in total. The number of nitrogens with two attached hydrogens (primary N) is 1. The first-order valence-electron chi connectivity index (χ1n) is 8.31. The number of hydrogen-bond donors (Lipinski definition) is 1. The molecule has 0 heterocycles. The molecule has 0 aliphatic heterocycles. The van der Waals surface area contributed by atoms with Crippen LogP contribution < -0.4 is 10.5 Å². The highest BCUT2D eigenvalue weighted by Gasteiger charge is 2.21. The SMILES string of the molecule is CC1CCCC(N(C)CCCOc2cccc(CN)c2)C1. The molecule has 1 aromatic rings. The largest absolute Gasteiger partial charge is 0.494 e. The molecule has 0 saturated heterocycles. The summed E-state index contributed by atoms with van der Waals surface area (Å²) < 4.78 is 5.83. The molecule has 0 amide bonds. The molecule has 2 rings (SSSR count). The molecule has 118 valence electrons. The minimum atomic E-state index is 0.569. The first kappa shape index (κ1) is 16.3. The highest BCUT2D eigenvalue weighted by Crippen LogP contribution is 2.26. The standard InChI is InChI=1S/C18H30N2O/c1-15-6-3-8-17(12-15)20(2)10-5-11-21-18-9-4-7-16(13-18)14-19/h4,7,9,13,15,17H,3,5-6,8,10-12,14,19H2,1-2H3. The Bertz CT molecular complexity index is 421. The molecule has 1 aliphatic rings. The van der Waals surface area contributed by atoms with Crippen molar-refractivity contribution < 1.29 is 4.74 Å². The Morgan fingerprint density at radius 3 is 2.95 bits per heavy atom. The van der Waals surface area contributed by atoms with Crippen LogP contribution in [0.4, 0.5) is 0 Å². The van der Waals surface area contributed by atoms with Crippen LogP contribution in [-0.2, 0) is 6.54 Å². The fourth-order valence-corrected chi connectivity index (χ4v) is 3.25. The highest BCUT2D eigenvalue weighted by atomic mass is 16.5. The van der Waals surface area contributed by atoms with Gasteiger partial charge in [0.2, 0.25) is 0 Å². The number of benzene rings is 1. The zero-order valence-corrected chi connectivity index (χ0v) is 13.6. The van der Waals surface area contributed by atoms with Gasteiger partial charge in [0.15, 0.2) is 0 Å². The molecule has 1 fully saturated rings. The molecule has 3 heteroatoms. The van der Waals surface area contributed by atoms with Crippen LogP contribution in [0.25, 0.3) is 0 Å². The summed E-state index contributed by atoms with van der Waals surface area (Å²) in [5.41, 5.74) is 6.77. The Balaban J connectivity index is 1.66. The average molecular weight is 290 g/mol. The van der Waals surface area contributed by atoms with E-state index in [1.807, 2.05) is 24.3 Å². The van der Waals surface area contributed by atoms with Gasteiger partial charge in [-0.1, -0.05) is 31.9 Å². The molecule has 0 bridgehead atoms. The molecule has 2 atom stereocenters. The quantitative estimate of drug-likeness (QED) is 0.782. The molecular weight excluding hydrogens is 260 g/mol. The molecule has 2 N–H and O–H groups in total. The van der Waals surface area contributed by atoms with Crippen molar-refractivity contribution >= 4 is 0 Å². The smallest absolute Gasteiger partial charge is 0.119 e. The molecule has 1 aliphatic carbocycles. The average Bonchev–Trinajstić information content (AvgIpc) is 2.51. The molecular formula is C18H30N2O. The second kappa shape index (κ2) is 8.40. The third-order valence-electron chi connectivity index (χ3n) is 4.59. The first-order valence-corrected chi connectivity index (χ1v) is 8.31. The molecule has 21 heavy (non-hydrogen) atoms. The normalized spacial score (nSPS) is 22.5. The van der Waals surface area contributed by atoms with Crippen molar-refractivity contribution in [1.82, 2.24) is 4.90 Å². The monoisotopic (exact) mass is 290 g/mol. The van der Waals surface area contributed by atoms with Crippen LogP contribution in [0, 0.1) is 5.92 Å². The molecule has 2 unspecified atom stereocenters. The van der Waals surface area contributed by atoms with Crippen molar-refractivity contribution in [2.75, 3.05) is 20.2 Å². The topological polar surface area (TPSA) is 38.5 Å². The van der Waals surface area contributed by atoms with Crippen LogP contribution in [-0.4, -0.2) is 31.1 Å². The van der Waals surface area contributed by atoms with Crippen LogP contribution in [0.1, 0.15) is 44.6 Å². The van der Waals surface area contributed by atoms with E-state index in [0.717, 1.165) is 42.8 Å². The van der Waals surface area contributed by atoms with Crippen LogP contribution in [0.15, 0.2) is 24.3 Å². The molecule has 0 spiro atoms. The summed E-state index contributed by atoms with van der Waals surface area (Å²) in [6.07, 6.45) is 6.59. The summed E-state index contributed by atoms with van der Waals surface area (Å²) in [4.78, 5) is 2.52. The van der Waals surface area contributed by atoms with Gasteiger partial charge in [0.1, 0.15) is 5.75 Å². The van der Waals surface area contributed by atoms with Crippen molar-refractivity contribution in [3.63, 3.8) is 0 Å². The zero-order chi connectivity index (χ0) is 15.1. The lowest BCUT2D eigenvalue weighted by molar-refractivity contribution is 0.154. The Morgan fingerprint density at radius 2 is 2.19 bits per heavy atom. The zero-order valence-electron chi connectivity index (χ0n) is 13.6. The maximum atomic E-state index is 5.83. The van der Waals surface area contributed by atoms with E-state index in [-0.39, 0.29) is 0 Å². The number of hydrogen-bond acceptors (Lipinski definition) is 3. The van der Waals surface area contributed by atoms with Crippen molar-refractivity contribution in [2.45, 2.75) is 51.6 Å². The Hall–Kier alpha value is -1.06. The van der Waals surface area contributed by atoms with Gasteiger partial charge in [-0.3, -0.25) is 0 Å². The predicted molar refractivity (Wildman–Crippen MR) is 88.5 cm³/mol. The second-order valence-electron chi connectivity index (χ2n) is 6.46. The third-order valence-corrected chi connectivity index (χ3v) is 4.59. The summed E-state index contributed by atoms with van der Waals surface area (Å²) in [5.74, 6) is 1.83. The number of rotatable bonds is 7. The van der Waals surface area contributed by atoms with E-state index >= 15 is 0 Å². The predicted octanol–water partition coefficient (Wildman–Crippen LogP) is 3.42. The third kappa shape index (κ3) is 5.33. The summed E-state index contributed by atoms with van der Waals surface area (Å²) in [7, 11) is 2.26. The van der Waals surface area contributed by atoms with Crippen LogP contribution in [0.5, 0.6) is 5.75 Å². The van der Waals surface area contributed by atoms with E-state index in [2.05, 4.69) is 18.9 Å². The van der Waals surface area contributed by atoms with Gasteiger partial charge in [-0.05, 0) is 49.9 Å². The second-order valence-corrected chi connectivity index (χ2v) is 6.46. The van der Waals surface area contributed by atoms with Crippen LogP contribution in [0.3, 0.4) is 0 Å². The summed E-state index contributed by atoms with van der Waals surface area (Å²) in [6, 6.07) is 8.85. The van der Waals surface area contributed by atoms with Gasteiger partial charge < -0.3 is 15.4 Å². The van der Waals surface area contributed by atoms with Gasteiger partial charge in [-0.25, -0.2) is 0 Å². The maximum Gasteiger partial charge on any atom is 0.119 e. The first-order chi connectivity index (χ1) is 10.2. The molecule has 1 saturated carbocycles. The fourth-order valence-electron chi connectivity index (χ4n) is 3.25.